The minimum atomic E-state index is 0.670. The van der Waals surface area contributed by atoms with Crippen LogP contribution in [0, 0.1) is 19.8 Å². The van der Waals surface area contributed by atoms with E-state index in [-0.39, 0.29) is 0 Å². The summed E-state index contributed by atoms with van der Waals surface area (Å²) in [7, 11) is 2.17. The summed E-state index contributed by atoms with van der Waals surface area (Å²) in [4.78, 5) is 2.34. The lowest BCUT2D eigenvalue weighted by atomic mass is 9.90. The van der Waals surface area contributed by atoms with Crippen molar-refractivity contribution in [2.45, 2.75) is 41.0 Å². The Balaban J connectivity index is 1.94. The Kier molecular flexibility index (Phi) is 5.33. The second-order valence-corrected chi connectivity index (χ2v) is 6.82. The highest BCUT2D eigenvalue weighted by atomic mass is 15.1. The third kappa shape index (κ3) is 3.94. The Labute approximate surface area is 135 Å². The number of allylic oxidation sites excluding steroid dienone is 3. The predicted octanol–water partition coefficient (Wildman–Crippen LogP) is 4.59. The number of benzene rings is 1. The number of anilines is 1. The highest BCUT2D eigenvalue weighted by Crippen LogP contribution is 2.26. The summed E-state index contributed by atoms with van der Waals surface area (Å²) in [5, 5.41) is 3.64. The Bertz CT molecular complexity index is 596. The smallest absolute Gasteiger partial charge is 0.0394 e. The third-order valence-electron chi connectivity index (χ3n) is 4.50. The molecule has 0 amide bonds. The second-order valence-electron chi connectivity index (χ2n) is 6.82. The zero-order valence-corrected chi connectivity index (χ0v) is 15.0. The van der Waals surface area contributed by atoms with Crippen molar-refractivity contribution in [1.82, 2.24) is 5.32 Å². The van der Waals surface area contributed by atoms with Gasteiger partial charge in [-0.1, -0.05) is 30.7 Å². The van der Waals surface area contributed by atoms with Gasteiger partial charge in [-0.2, -0.15) is 0 Å². The van der Waals surface area contributed by atoms with E-state index >= 15 is 0 Å². The van der Waals surface area contributed by atoms with Crippen LogP contribution in [0.3, 0.4) is 0 Å². The zero-order valence-electron chi connectivity index (χ0n) is 15.0. The van der Waals surface area contributed by atoms with E-state index in [2.05, 4.69) is 76.2 Å². The Morgan fingerprint density at radius 3 is 2.55 bits per heavy atom. The number of nitrogens with zero attached hydrogens (tertiary/aromatic N) is 1. The van der Waals surface area contributed by atoms with Gasteiger partial charge in [0.2, 0.25) is 0 Å². The van der Waals surface area contributed by atoms with Crippen LogP contribution in [-0.4, -0.2) is 20.1 Å². The molecule has 2 nitrogen and oxygen atoms in total. The van der Waals surface area contributed by atoms with Crippen molar-refractivity contribution in [3.63, 3.8) is 0 Å². The van der Waals surface area contributed by atoms with Crippen LogP contribution in [0.5, 0.6) is 0 Å². The minimum Gasteiger partial charge on any atom is -0.383 e. The lowest BCUT2D eigenvalue weighted by Gasteiger charge is -2.26. The van der Waals surface area contributed by atoms with Crippen molar-refractivity contribution in [1.29, 1.82) is 0 Å². The fraction of sp³-hybridized carbons (Fsp3) is 0.500. The van der Waals surface area contributed by atoms with Gasteiger partial charge in [0.1, 0.15) is 0 Å². The summed E-state index contributed by atoms with van der Waals surface area (Å²) in [6.45, 7) is 13.1. The normalized spacial score (nSPS) is 18.3. The molecular formula is C20H30N2. The van der Waals surface area contributed by atoms with E-state index in [9.17, 15) is 0 Å². The molecule has 2 heteroatoms. The first-order valence-electron chi connectivity index (χ1n) is 8.29. The standard InChI is InChI=1S/C20H30N2/c1-14-7-8-19(16(3)11-14)22(6)10-9-21-20-17(4)12-15(2)13-18(20)5/h7-8,11-12,15,21H,9-10,13H2,1-6H3. The van der Waals surface area contributed by atoms with E-state index in [1.807, 2.05) is 0 Å². The first kappa shape index (κ1) is 16.7. The van der Waals surface area contributed by atoms with Crippen molar-refractivity contribution in [2.75, 3.05) is 25.0 Å². The molecular weight excluding hydrogens is 268 g/mol. The van der Waals surface area contributed by atoms with Gasteiger partial charge >= 0.3 is 0 Å². The quantitative estimate of drug-likeness (QED) is 0.855. The maximum atomic E-state index is 3.64. The number of rotatable bonds is 5. The number of likely N-dealkylation sites (N-methyl/N-ethyl adjacent to an activating group) is 1. The molecule has 1 aromatic carbocycles. The van der Waals surface area contributed by atoms with Crippen LogP contribution in [-0.2, 0) is 0 Å². The molecule has 1 aromatic rings. The molecule has 0 saturated carbocycles. The molecule has 120 valence electrons. The molecule has 1 N–H and O–H groups in total. The van der Waals surface area contributed by atoms with Gasteiger partial charge in [-0.3, -0.25) is 0 Å². The van der Waals surface area contributed by atoms with E-state index in [0.717, 1.165) is 13.1 Å². The highest BCUT2D eigenvalue weighted by Gasteiger charge is 2.14. The van der Waals surface area contributed by atoms with Crippen molar-refractivity contribution >= 4 is 5.69 Å². The van der Waals surface area contributed by atoms with Crippen LogP contribution in [0.1, 0.15) is 38.3 Å². The van der Waals surface area contributed by atoms with Gasteiger partial charge in [-0.15, -0.1) is 0 Å². The van der Waals surface area contributed by atoms with Crippen LogP contribution in [0.25, 0.3) is 0 Å². The number of nitrogens with one attached hydrogen (secondary N) is 1. The predicted molar refractivity (Wildman–Crippen MR) is 97.4 cm³/mol. The lowest BCUT2D eigenvalue weighted by molar-refractivity contribution is 0.662. The van der Waals surface area contributed by atoms with E-state index in [1.165, 1.54) is 40.1 Å². The average Bonchev–Trinajstić information content (AvgIpc) is 2.41. The molecule has 0 spiro atoms. The van der Waals surface area contributed by atoms with Gasteiger partial charge in [-0.25, -0.2) is 0 Å². The van der Waals surface area contributed by atoms with E-state index < -0.39 is 0 Å². The van der Waals surface area contributed by atoms with Gasteiger partial charge in [0.05, 0.1) is 0 Å². The molecule has 2 rings (SSSR count). The molecule has 1 aliphatic carbocycles. The first-order chi connectivity index (χ1) is 10.4. The zero-order chi connectivity index (χ0) is 16.3. The SMILES string of the molecule is CC1=CC(C)CC(C)=C1NCCN(C)c1ccc(C)cc1C. The summed E-state index contributed by atoms with van der Waals surface area (Å²) in [5.41, 5.74) is 8.23. The summed E-state index contributed by atoms with van der Waals surface area (Å²) in [6.07, 6.45) is 3.55. The average molecular weight is 298 g/mol. The topological polar surface area (TPSA) is 15.3 Å². The molecule has 0 radical (unpaired) electrons. The number of hydrogen-bond acceptors (Lipinski definition) is 2. The minimum absolute atomic E-state index is 0.670. The lowest BCUT2D eigenvalue weighted by Crippen LogP contribution is -2.30. The number of aryl methyl sites for hydroxylation is 2. The van der Waals surface area contributed by atoms with Crippen LogP contribution in [0.15, 0.2) is 41.1 Å². The van der Waals surface area contributed by atoms with Crippen molar-refractivity contribution in [3.8, 4) is 0 Å². The maximum absolute atomic E-state index is 3.64. The number of hydrogen-bond donors (Lipinski definition) is 1. The Morgan fingerprint density at radius 1 is 1.18 bits per heavy atom. The van der Waals surface area contributed by atoms with Gasteiger partial charge in [0.15, 0.2) is 0 Å². The summed E-state index contributed by atoms with van der Waals surface area (Å²) < 4.78 is 0. The monoisotopic (exact) mass is 298 g/mol. The molecule has 1 atom stereocenters. The fourth-order valence-corrected chi connectivity index (χ4v) is 3.48. The molecule has 1 aliphatic rings. The van der Waals surface area contributed by atoms with Gasteiger partial charge in [0, 0.05) is 31.5 Å². The van der Waals surface area contributed by atoms with Crippen molar-refractivity contribution in [2.24, 2.45) is 5.92 Å². The molecule has 0 aliphatic heterocycles. The summed E-state index contributed by atoms with van der Waals surface area (Å²) in [6, 6.07) is 6.67. The first-order valence-corrected chi connectivity index (χ1v) is 8.29. The molecule has 0 bridgehead atoms. The molecule has 0 heterocycles. The van der Waals surface area contributed by atoms with E-state index in [4.69, 9.17) is 0 Å². The van der Waals surface area contributed by atoms with E-state index in [1.54, 1.807) is 0 Å². The van der Waals surface area contributed by atoms with Crippen LogP contribution in [0.2, 0.25) is 0 Å². The maximum Gasteiger partial charge on any atom is 0.0394 e. The van der Waals surface area contributed by atoms with Crippen molar-refractivity contribution in [3.05, 3.63) is 52.2 Å². The second kappa shape index (κ2) is 7.04. The van der Waals surface area contributed by atoms with Crippen molar-refractivity contribution < 1.29 is 0 Å². The van der Waals surface area contributed by atoms with Crippen LogP contribution < -0.4 is 10.2 Å². The molecule has 0 saturated heterocycles. The molecule has 22 heavy (non-hydrogen) atoms. The van der Waals surface area contributed by atoms with Gasteiger partial charge < -0.3 is 10.2 Å². The summed E-state index contributed by atoms with van der Waals surface area (Å²) in [5.74, 6) is 0.670. The van der Waals surface area contributed by atoms with Gasteiger partial charge in [0.25, 0.3) is 0 Å². The van der Waals surface area contributed by atoms with E-state index in [0.29, 0.717) is 5.92 Å². The Morgan fingerprint density at radius 2 is 1.91 bits per heavy atom. The van der Waals surface area contributed by atoms with Gasteiger partial charge in [-0.05, 0) is 62.8 Å². The Hall–Kier alpha value is -1.70. The largest absolute Gasteiger partial charge is 0.383 e. The van der Waals surface area contributed by atoms with Crippen LogP contribution in [0.4, 0.5) is 5.69 Å². The summed E-state index contributed by atoms with van der Waals surface area (Å²) >= 11 is 0. The van der Waals surface area contributed by atoms with Crippen LogP contribution >= 0.6 is 0 Å². The fourth-order valence-electron chi connectivity index (χ4n) is 3.48. The molecule has 1 unspecified atom stereocenters. The highest BCUT2D eigenvalue weighted by molar-refractivity contribution is 5.53. The molecule has 0 fully saturated rings. The third-order valence-corrected chi connectivity index (χ3v) is 4.50. The molecule has 0 aromatic heterocycles.